The van der Waals surface area contributed by atoms with Crippen LogP contribution in [-0.2, 0) is 0 Å². The van der Waals surface area contributed by atoms with Gasteiger partial charge < -0.3 is 10.1 Å². The molecule has 106 valence electrons. The van der Waals surface area contributed by atoms with Gasteiger partial charge in [0.15, 0.2) is 0 Å². The van der Waals surface area contributed by atoms with Gasteiger partial charge in [-0.3, -0.25) is 0 Å². The van der Waals surface area contributed by atoms with Crippen molar-refractivity contribution in [3.05, 3.63) is 59.7 Å². The quantitative estimate of drug-likeness (QED) is 0.829. The minimum Gasteiger partial charge on any atom is -0.489 e. The lowest BCUT2D eigenvalue weighted by atomic mass is 10.1. The first-order valence-corrected chi connectivity index (χ1v) is 7.22. The second kappa shape index (κ2) is 6.99. The van der Waals surface area contributed by atoms with Crippen molar-refractivity contribution in [2.45, 2.75) is 33.3 Å². The maximum atomic E-state index is 5.99. The van der Waals surface area contributed by atoms with Crippen molar-refractivity contribution in [2.75, 3.05) is 11.9 Å². The Hall–Kier alpha value is -1.96. The molecule has 2 aromatic rings. The van der Waals surface area contributed by atoms with Crippen LogP contribution in [0.2, 0.25) is 0 Å². The number of hydrogen-bond donors (Lipinski definition) is 1. The van der Waals surface area contributed by atoms with Crippen molar-refractivity contribution in [2.24, 2.45) is 0 Å². The number of anilines is 1. The Kier molecular flexibility index (Phi) is 5.05. The molecule has 1 atom stereocenters. The van der Waals surface area contributed by atoms with Crippen LogP contribution in [0.1, 0.15) is 24.5 Å². The normalized spacial score (nSPS) is 11.9. The van der Waals surface area contributed by atoms with Crippen LogP contribution in [0.5, 0.6) is 5.75 Å². The number of aryl methyl sites for hydroxylation is 2. The molecule has 2 heteroatoms. The summed E-state index contributed by atoms with van der Waals surface area (Å²) in [5.74, 6) is 0.932. The van der Waals surface area contributed by atoms with E-state index in [2.05, 4.69) is 44.3 Å². The molecule has 20 heavy (non-hydrogen) atoms. The SMILES string of the molecule is CCC(CNc1ccc(C)cc1C)Oc1ccccc1. The molecule has 0 aliphatic carbocycles. The summed E-state index contributed by atoms with van der Waals surface area (Å²) in [6.07, 6.45) is 1.16. The van der Waals surface area contributed by atoms with Crippen molar-refractivity contribution in [1.29, 1.82) is 0 Å². The summed E-state index contributed by atoms with van der Waals surface area (Å²) < 4.78 is 5.99. The van der Waals surface area contributed by atoms with Crippen LogP contribution < -0.4 is 10.1 Å². The van der Waals surface area contributed by atoms with Crippen molar-refractivity contribution < 1.29 is 4.74 Å². The maximum Gasteiger partial charge on any atom is 0.119 e. The number of ether oxygens (including phenoxy) is 1. The molecule has 0 aliphatic rings. The molecule has 0 aliphatic heterocycles. The fourth-order valence-corrected chi connectivity index (χ4v) is 2.20. The molecule has 0 heterocycles. The number of hydrogen-bond acceptors (Lipinski definition) is 2. The average Bonchev–Trinajstić information content (AvgIpc) is 2.46. The summed E-state index contributed by atoms with van der Waals surface area (Å²) in [6.45, 7) is 7.21. The Morgan fingerprint density at radius 3 is 2.45 bits per heavy atom. The standard InChI is InChI=1S/C18H23NO/c1-4-16(20-17-8-6-5-7-9-17)13-19-18-11-10-14(2)12-15(18)3/h5-12,16,19H,4,13H2,1-3H3. The molecule has 0 amide bonds. The number of rotatable bonds is 6. The first-order chi connectivity index (χ1) is 9.69. The second-order valence-electron chi connectivity index (χ2n) is 5.16. The molecule has 2 nitrogen and oxygen atoms in total. The molecule has 0 radical (unpaired) electrons. The van der Waals surface area contributed by atoms with Crippen LogP contribution in [-0.4, -0.2) is 12.6 Å². The monoisotopic (exact) mass is 269 g/mol. The van der Waals surface area contributed by atoms with Crippen molar-refractivity contribution >= 4 is 5.69 Å². The molecule has 0 saturated heterocycles. The van der Waals surface area contributed by atoms with Gasteiger partial charge >= 0.3 is 0 Å². The molecule has 0 bridgehead atoms. The van der Waals surface area contributed by atoms with Crippen molar-refractivity contribution in [3.63, 3.8) is 0 Å². The van der Waals surface area contributed by atoms with Gasteiger partial charge in [0.2, 0.25) is 0 Å². The Morgan fingerprint density at radius 1 is 1.05 bits per heavy atom. The van der Waals surface area contributed by atoms with Crippen LogP contribution in [0.15, 0.2) is 48.5 Å². The van der Waals surface area contributed by atoms with E-state index in [4.69, 9.17) is 4.74 Å². The smallest absolute Gasteiger partial charge is 0.119 e. The van der Waals surface area contributed by atoms with Crippen LogP contribution in [0, 0.1) is 13.8 Å². The van der Waals surface area contributed by atoms with Crippen LogP contribution in [0.25, 0.3) is 0 Å². The summed E-state index contributed by atoms with van der Waals surface area (Å²) in [6, 6.07) is 16.5. The number of benzene rings is 2. The molecule has 1 N–H and O–H groups in total. The topological polar surface area (TPSA) is 21.3 Å². The zero-order chi connectivity index (χ0) is 14.4. The van der Waals surface area contributed by atoms with E-state index >= 15 is 0 Å². The fourth-order valence-electron chi connectivity index (χ4n) is 2.20. The van der Waals surface area contributed by atoms with Gasteiger partial charge in [0, 0.05) is 5.69 Å². The van der Waals surface area contributed by atoms with E-state index in [0.29, 0.717) is 0 Å². The Labute approximate surface area is 121 Å². The largest absolute Gasteiger partial charge is 0.489 e. The van der Waals surface area contributed by atoms with Gasteiger partial charge in [-0.05, 0) is 44.0 Å². The van der Waals surface area contributed by atoms with Gasteiger partial charge in [-0.15, -0.1) is 0 Å². The van der Waals surface area contributed by atoms with Crippen molar-refractivity contribution in [1.82, 2.24) is 0 Å². The van der Waals surface area contributed by atoms with Crippen LogP contribution in [0.3, 0.4) is 0 Å². The highest BCUT2D eigenvalue weighted by Gasteiger charge is 2.08. The van der Waals surface area contributed by atoms with E-state index in [1.807, 2.05) is 30.3 Å². The second-order valence-corrected chi connectivity index (χ2v) is 5.16. The molecule has 0 saturated carbocycles. The van der Waals surface area contributed by atoms with Gasteiger partial charge in [-0.1, -0.05) is 42.8 Å². The van der Waals surface area contributed by atoms with E-state index in [1.165, 1.54) is 16.8 Å². The minimum atomic E-state index is 0.179. The van der Waals surface area contributed by atoms with E-state index < -0.39 is 0 Å². The molecule has 0 aromatic heterocycles. The van der Waals surface area contributed by atoms with Crippen LogP contribution in [0.4, 0.5) is 5.69 Å². The molecule has 0 fully saturated rings. The van der Waals surface area contributed by atoms with E-state index in [9.17, 15) is 0 Å². The van der Waals surface area contributed by atoms with E-state index in [-0.39, 0.29) is 6.10 Å². The number of nitrogens with one attached hydrogen (secondary N) is 1. The van der Waals surface area contributed by atoms with Crippen molar-refractivity contribution in [3.8, 4) is 5.75 Å². The third kappa shape index (κ3) is 4.02. The molecule has 2 rings (SSSR count). The summed E-state index contributed by atoms with van der Waals surface area (Å²) in [5, 5.41) is 3.49. The molecular weight excluding hydrogens is 246 g/mol. The fraction of sp³-hybridized carbons (Fsp3) is 0.333. The summed E-state index contributed by atoms with van der Waals surface area (Å²) in [7, 11) is 0. The predicted molar refractivity (Wildman–Crippen MR) is 85.6 cm³/mol. The highest BCUT2D eigenvalue weighted by molar-refractivity contribution is 5.52. The molecule has 1 unspecified atom stereocenters. The zero-order valence-electron chi connectivity index (χ0n) is 12.5. The van der Waals surface area contributed by atoms with Gasteiger partial charge in [0.05, 0.1) is 6.54 Å². The molecule has 0 spiro atoms. The first kappa shape index (κ1) is 14.4. The summed E-state index contributed by atoms with van der Waals surface area (Å²) in [4.78, 5) is 0. The van der Waals surface area contributed by atoms with Crippen LogP contribution >= 0.6 is 0 Å². The lowest BCUT2D eigenvalue weighted by molar-refractivity contribution is 0.210. The lowest BCUT2D eigenvalue weighted by Gasteiger charge is -2.19. The summed E-state index contributed by atoms with van der Waals surface area (Å²) >= 11 is 0. The van der Waals surface area contributed by atoms with Gasteiger partial charge in [-0.25, -0.2) is 0 Å². The van der Waals surface area contributed by atoms with E-state index in [1.54, 1.807) is 0 Å². The van der Waals surface area contributed by atoms with Gasteiger partial charge in [0.25, 0.3) is 0 Å². The van der Waals surface area contributed by atoms with Gasteiger partial charge in [-0.2, -0.15) is 0 Å². The predicted octanol–water partition coefficient (Wildman–Crippen LogP) is 4.57. The van der Waals surface area contributed by atoms with E-state index in [0.717, 1.165) is 18.7 Å². The Morgan fingerprint density at radius 2 is 1.80 bits per heavy atom. The molecular formula is C18H23NO. The average molecular weight is 269 g/mol. The first-order valence-electron chi connectivity index (χ1n) is 7.22. The third-order valence-corrected chi connectivity index (χ3v) is 3.40. The third-order valence-electron chi connectivity index (χ3n) is 3.40. The summed E-state index contributed by atoms with van der Waals surface area (Å²) in [5.41, 5.74) is 3.76. The highest BCUT2D eigenvalue weighted by atomic mass is 16.5. The Bertz CT molecular complexity index is 536. The number of para-hydroxylation sites is 1. The molecule has 2 aromatic carbocycles. The Balaban J connectivity index is 1.93. The minimum absolute atomic E-state index is 0.179. The lowest BCUT2D eigenvalue weighted by Crippen LogP contribution is -2.25. The highest BCUT2D eigenvalue weighted by Crippen LogP contribution is 2.17. The zero-order valence-corrected chi connectivity index (χ0v) is 12.5. The maximum absolute atomic E-state index is 5.99. The van der Waals surface area contributed by atoms with Gasteiger partial charge in [0.1, 0.15) is 11.9 Å².